The molecule has 1 aromatic rings. The van der Waals surface area contributed by atoms with Crippen LogP contribution < -0.4 is 10.2 Å². The second-order valence-corrected chi connectivity index (χ2v) is 5.25. The van der Waals surface area contributed by atoms with Crippen LogP contribution >= 0.6 is 0 Å². The van der Waals surface area contributed by atoms with Crippen LogP contribution in [0.1, 0.15) is 19.3 Å². The Bertz CT molecular complexity index is 473. The second-order valence-electron chi connectivity index (χ2n) is 5.25. The number of hydrogen-bond acceptors (Lipinski definition) is 4. The van der Waals surface area contributed by atoms with Gasteiger partial charge in [0, 0.05) is 24.8 Å². The molecule has 5 nitrogen and oxygen atoms in total. The van der Waals surface area contributed by atoms with Gasteiger partial charge in [0.05, 0.1) is 11.0 Å². The molecule has 0 aromatic heterocycles. The number of nitrogens with zero attached hydrogens (tertiary/aromatic N) is 2. The normalized spacial score (nSPS) is 16.4. The van der Waals surface area contributed by atoms with Gasteiger partial charge in [-0.25, -0.2) is 4.39 Å². The van der Waals surface area contributed by atoms with Crippen molar-refractivity contribution in [3.8, 4) is 0 Å². The van der Waals surface area contributed by atoms with Gasteiger partial charge >= 0.3 is 0 Å². The highest BCUT2D eigenvalue weighted by Gasteiger charge is 2.21. The number of non-ortho nitro benzene ring substituents is 1. The Morgan fingerprint density at radius 2 is 2.10 bits per heavy atom. The molecule has 1 aliphatic rings. The molecule has 0 amide bonds. The van der Waals surface area contributed by atoms with Crippen molar-refractivity contribution >= 4 is 11.4 Å². The number of hydrogen-bond donors (Lipinski definition) is 1. The summed E-state index contributed by atoms with van der Waals surface area (Å²) in [5.74, 6) is 0.133. The summed E-state index contributed by atoms with van der Waals surface area (Å²) in [6.45, 7) is 2.67. The molecule has 1 saturated heterocycles. The van der Waals surface area contributed by atoms with Gasteiger partial charge in [0.2, 0.25) is 0 Å². The quantitative estimate of drug-likeness (QED) is 0.665. The van der Waals surface area contributed by atoms with E-state index < -0.39 is 10.7 Å². The monoisotopic (exact) mass is 281 g/mol. The lowest BCUT2D eigenvalue weighted by Crippen LogP contribution is -2.34. The largest absolute Gasteiger partial charge is 0.371 e. The zero-order valence-electron chi connectivity index (χ0n) is 11.6. The van der Waals surface area contributed by atoms with Crippen molar-refractivity contribution in [3.05, 3.63) is 34.1 Å². The summed E-state index contributed by atoms with van der Waals surface area (Å²) in [4.78, 5) is 12.3. The third kappa shape index (κ3) is 3.66. The minimum absolute atomic E-state index is 0.183. The SMILES string of the molecule is CNCCC1CCN(c2cc(F)cc([N+](=O)[O-])c2)CC1. The third-order valence-electron chi connectivity index (χ3n) is 3.86. The van der Waals surface area contributed by atoms with Crippen LogP contribution in [0.4, 0.5) is 15.8 Å². The fraction of sp³-hybridized carbons (Fsp3) is 0.571. The summed E-state index contributed by atoms with van der Waals surface area (Å²) in [7, 11) is 1.95. The maximum atomic E-state index is 13.4. The summed E-state index contributed by atoms with van der Waals surface area (Å²) in [5.41, 5.74) is 0.432. The van der Waals surface area contributed by atoms with Crippen molar-refractivity contribution in [2.24, 2.45) is 5.92 Å². The highest BCUT2D eigenvalue weighted by molar-refractivity contribution is 5.53. The maximum absolute atomic E-state index is 13.4. The molecule has 0 spiro atoms. The van der Waals surface area contributed by atoms with E-state index in [-0.39, 0.29) is 5.69 Å². The fourth-order valence-corrected chi connectivity index (χ4v) is 2.68. The van der Waals surface area contributed by atoms with Gasteiger partial charge in [-0.15, -0.1) is 0 Å². The lowest BCUT2D eigenvalue weighted by Gasteiger charge is -2.33. The van der Waals surface area contributed by atoms with Crippen molar-refractivity contribution in [2.45, 2.75) is 19.3 Å². The van der Waals surface area contributed by atoms with Crippen LogP contribution in [0, 0.1) is 21.8 Å². The Morgan fingerprint density at radius 3 is 2.70 bits per heavy atom. The highest BCUT2D eigenvalue weighted by atomic mass is 19.1. The first-order valence-corrected chi connectivity index (χ1v) is 6.94. The molecule has 0 aliphatic carbocycles. The average molecular weight is 281 g/mol. The zero-order chi connectivity index (χ0) is 14.5. The first-order valence-electron chi connectivity index (χ1n) is 6.94. The lowest BCUT2D eigenvalue weighted by molar-refractivity contribution is -0.385. The standard InChI is InChI=1S/C14H20FN3O2/c1-16-5-2-11-3-6-17(7-4-11)13-8-12(15)9-14(10-13)18(19)20/h8-11,16H,2-7H2,1H3. The van der Waals surface area contributed by atoms with Crippen LogP contribution in [0.25, 0.3) is 0 Å². The predicted molar refractivity (Wildman–Crippen MR) is 76.5 cm³/mol. The van der Waals surface area contributed by atoms with E-state index >= 15 is 0 Å². The maximum Gasteiger partial charge on any atom is 0.274 e. The summed E-state index contributed by atoms with van der Waals surface area (Å²) in [5, 5.41) is 13.9. The number of nitrogens with one attached hydrogen (secondary N) is 1. The van der Waals surface area contributed by atoms with Gasteiger partial charge in [0.1, 0.15) is 5.82 Å². The van der Waals surface area contributed by atoms with E-state index in [0.717, 1.165) is 45.0 Å². The van der Waals surface area contributed by atoms with Crippen LogP contribution in [0.3, 0.4) is 0 Å². The van der Waals surface area contributed by atoms with Crippen molar-refractivity contribution in [1.82, 2.24) is 5.32 Å². The van der Waals surface area contributed by atoms with Crippen LogP contribution in [0.5, 0.6) is 0 Å². The fourth-order valence-electron chi connectivity index (χ4n) is 2.68. The first kappa shape index (κ1) is 14.7. The topological polar surface area (TPSA) is 58.4 Å². The van der Waals surface area contributed by atoms with Crippen molar-refractivity contribution < 1.29 is 9.31 Å². The predicted octanol–water partition coefficient (Wildman–Crippen LogP) is 2.56. The van der Waals surface area contributed by atoms with Crippen LogP contribution in [0.2, 0.25) is 0 Å². The molecule has 20 heavy (non-hydrogen) atoms. The van der Waals surface area contributed by atoms with Gasteiger partial charge in [-0.2, -0.15) is 0 Å². The molecule has 6 heteroatoms. The van der Waals surface area contributed by atoms with Gasteiger partial charge < -0.3 is 10.2 Å². The van der Waals surface area contributed by atoms with Gasteiger partial charge in [-0.05, 0) is 44.8 Å². The first-order chi connectivity index (χ1) is 9.60. The number of anilines is 1. The van der Waals surface area contributed by atoms with E-state index in [0.29, 0.717) is 11.6 Å². The van der Waals surface area contributed by atoms with Crippen LogP contribution in [0.15, 0.2) is 18.2 Å². The Hall–Kier alpha value is -1.69. The van der Waals surface area contributed by atoms with Crippen molar-refractivity contribution in [1.29, 1.82) is 0 Å². The molecule has 2 rings (SSSR count). The summed E-state index contributed by atoms with van der Waals surface area (Å²) < 4.78 is 13.4. The molecular formula is C14H20FN3O2. The zero-order valence-corrected chi connectivity index (χ0v) is 11.6. The van der Waals surface area contributed by atoms with E-state index in [1.807, 2.05) is 11.9 Å². The highest BCUT2D eigenvalue weighted by Crippen LogP contribution is 2.28. The minimum Gasteiger partial charge on any atom is -0.371 e. The van der Waals surface area contributed by atoms with E-state index in [4.69, 9.17) is 0 Å². The summed E-state index contributed by atoms with van der Waals surface area (Å²) >= 11 is 0. The third-order valence-corrected chi connectivity index (χ3v) is 3.86. The smallest absolute Gasteiger partial charge is 0.274 e. The Balaban J connectivity index is 2.01. The number of benzene rings is 1. The average Bonchev–Trinajstić information content (AvgIpc) is 2.45. The molecule has 0 radical (unpaired) electrons. The summed E-state index contributed by atoms with van der Waals surface area (Å²) in [6, 6.07) is 3.79. The molecule has 0 saturated carbocycles. The number of halogens is 1. The van der Waals surface area contributed by atoms with Gasteiger partial charge in [0.25, 0.3) is 5.69 Å². The lowest BCUT2D eigenvalue weighted by atomic mass is 9.93. The van der Waals surface area contributed by atoms with Crippen LogP contribution in [-0.4, -0.2) is 31.6 Å². The minimum atomic E-state index is -0.550. The second kappa shape index (κ2) is 6.65. The van der Waals surface area contributed by atoms with E-state index in [1.165, 1.54) is 12.1 Å². The number of rotatable bonds is 5. The van der Waals surface area contributed by atoms with E-state index in [1.54, 1.807) is 0 Å². The molecule has 0 atom stereocenters. The number of piperidine rings is 1. The molecule has 0 bridgehead atoms. The van der Waals surface area contributed by atoms with Crippen molar-refractivity contribution in [2.75, 3.05) is 31.6 Å². The Labute approximate surface area is 117 Å². The van der Waals surface area contributed by atoms with E-state index in [2.05, 4.69) is 5.32 Å². The van der Waals surface area contributed by atoms with Gasteiger partial charge in [-0.1, -0.05) is 0 Å². The number of nitro groups is 1. The van der Waals surface area contributed by atoms with E-state index in [9.17, 15) is 14.5 Å². The Kier molecular flexibility index (Phi) is 4.89. The molecule has 1 N–H and O–H groups in total. The van der Waals surface area contributed by atoms with Crippen LogP contribution in [-0.2, 0) is 0 Å². The number of nitro benzene ring substituents is 1. The Morgan fingerprint density at radius 1 is 1.40 bits per heavy atom. The molecular weight excluding hydrogens is 261 g/mol. The molecule has 0 unspecified atom stereocenters. The molecule has 1 aliphatic heterocycles. The molecule has 1 fully saturated rings. The van der Waals surface area contributed by atoms with Gasteiger partial charge in [0.15, 0.2) is 0 Å². The molecule has 1 aromatic carbocycles. The molecule has 110 valence electrons. The molecule has 1 heterocycles. The van der Waals surface area contributed by atoms with Gasteiger partial charge in [-0.3, -0.25) is 10.1 Å². The van der Waals surface area contributed by atoms with Crippen molar-refractivity contribution in [3.63, 3.8) is 0 Å². The summed E-state index contributed by atoms with van der Waals surface area (Å²) in [6.07, 6.45) is 3.24.